The molecule has 1 aromatic rings. The molecule has 0 spiro atoms. The fourth-order valence-electron chi connectivity index (χ4n) is 3.02. The molecule has 0 aromatic heterocycles. The standard InChI is InChI=1S/C19H27N3O4.ClH/c1-3-26-19(25)12(2)21-17(23)13-7-9-16(10-8-13)22-18(24)14-5-4-6-15(20)11-14;/h7-10,12,14-15H,3-6,11,20H2,1-2H3,(H,21,23)(H,22,24);1H. The Hall–Kier alpha value is -2.12. The highest BCUT2D eigenvalue weighted by Crippen LogP contribution is 2.24. The lowest BCUT2D eigenvalue weighted by Gasteiger charge is -2.25. The Morgan fingerprint density at radius 1 is 1.22 bits per heavy atom. The van der Waals surface area contributed by atoms with Gasteiger partial charge in [0.1, 0.15) is 6.04 Å². The van der Waals surface area contributed by atoms with E-state index in [9.17, 15) is 14.4 Å². The molecule has 0 radical (unpaired) electrons. The number of anilines is 1. The molecular formula is C19H28ClN3O4. The first-order valence-corrected chi connectivity index (χ1v) is 9.04. The summed E-state index contributed by atoms with van der Waals surface area (Å²) < 4.78 is 4.86. The SMILES string of the molecule is CCOC(=O)C(C)NC(=O)c1ccc(NC(=O)C2CCCC(N)C2)cc1.Cl. The van der Waals surface area contributed by atoms with Gasteiger partial charge in [-0.2, -0.15) is 0 Å². The molecule has 0 heterocycles. The molecule has 1 fully saturated rings. The topological polar surface area (TPSA) is 111 Å². The number of esters is 1. The summed E-state index contributed by atoms with van der Waals surface area (Å²) in [6.07, 6.45) is 3.50. The van der Waals surface area contributed by atoms with Crippen molar-refractivity contribution in [3.05, 3.63) is 29.8 Å². The van der Waals surface area contributed by atoms with Gasteiger partial charge in [-0.15, -0.1) is 12.4 Å². The lowest BCUT2D eigenvalue weighted by atomic mass is 9.85. The van der Waals surface area contributed by atoms with Crippen molar-refractivity contribution in [2.75, 3.05) is 11.9 Å². The van der Waals surface area contributed by atoms with Crippen LogP contribution in [0.4, 0.5) is 5.69 Å². The van der Waals surface area contributed by atoms with Gasteiger partial charge in [0.25, 0.3) is 5.91 Å². The minimum atomic E-state index is -0.725. The van der Waals surface area contributed by atoms with Crippen molar-refractivity contribution in [1.29, 1.82) is 0 Å². The number of benzene rings is 1. The van der Waals surface area contributed by atoms with Crippen molar-refractivity contribution in [3.63, 3.8) is 0 Å². The number of carbonyl (C=O) groups excluding carboxylic acids is 3. The van der Waals surface area contributed by atoms with E-state index in [1.807, 2.05) is 0 Å². The lowest BCUT2D eigenvalue weighted by Crippen LogP contribution is -2.39. The first kappa shape index (κ1) is 22.9. The summed E-state index contributed by atoms with van der Waals surface area (Å²) >= 11 is 0. The number of carbonyl (C=O) groups is 3. The molecule has 0 aliphatic heterocycles. The number of hydrogen-bond acceptors (Lipinski definition) is 5. The summed E-state index contributed by atoms with van der Waals surface area (Å²) in [5.41, 5.74) is 6.96. The highest BCUT2D eigenvalue weighted by molar-refractivity contribution is 5.98. The predicted octanol–water partition coefficient (Wildman–Crippen LogP) is 2.25. The Labute approximate surface area is 165 Å². The normalized spacial score (nSPS) is 20.0. The molecule has 3 atom stereocenters. The zero-order valence-corrected chi connectivity index (χ0v) is 16.5. The van der Waals surface area contributed by atoms with Crippen LogP contribution in [0.2, 0.25) is 0 Å². The second-order valence-corrected chi connectivity index (χ2v) is 6.64. The highest BCUT2D eigenvalue weighted by atomic mass is 35.5. The summed E-state index contributed by atoms with van der Waals surface area (Å²) in [7, 11) is 0. The van der Waals surface area contributed by atoms with E-state index in [1.165, 1.54) is 0 Å². The van der Waals surface area contributed by atoms with Gasteiger partial charge in [0.05, 0.1) is 6.61 Å². The lowest BCUT2D eigenvalue weighted by molar-refractivity contribution is -0.144. The van der Waals surface area contributed by atoms with E-state index < -0.39 is 12.0 Å². The molecule has 2 amide bonds. The number of hydrogen-bond donors (Lipinski definition) is 3. The number of nitrogens with two attached hydrogens (primary N) is 1. The quantitative estimate of drug-likeness (QED) is 0.637. The zero-order chi connectivity index (χ0) is 19.1. The van der Waals surface area contributed by atoms with Gasteiger partial charge in [0.15, 0.2) is 0 Å². The first-order valence-electron chi connectivity index (χ1n) is 9.04. The molecule has 8 heteroatoms. The minimum absolute atomic E-state index is 0. The van der Waals surface area contributed by atoms with Gasteiger partial charge in [-0.05, 0) is 57.4 Å². The van der Waals surface area contributed by atoms with Crippen LogP contribution in [-0.4, -0.2) is 36.5 Å². The number of halogens is 1. The molecule has 2 rings (SSSR count). The van der Waals surface area contributed by atoms with Gasteiger partial charge in [-0.3, -0.25) is 9.59 Å². The van der Waals surface area contributed by atoms with Crippen LogP contribution in [0, 0.1) is 5.92 Å². The van der Waals surface area contributed by atoms with Gasteiger partial charge in [0, 0.05) is 23.2 Å². The third kappa shape index (κ3) is 6.84. The van der Waals surface area contributed by atoms with Gasteiger partial charge in [-0.1, -0.05) is 6.42 Å². The molecule has 0 bridgehead atoms. The van der Waals surface area contributed by atoms with E-state index >= 15 is 0 Å². The minimum Gasteiger partial charge on any atom is -0.464 e. The fraction of sp³-hybridized carbons (Fsp3) is 0.526. The van der Waals surface area contributed by atoms with E-state index in [4.69, 9.17) is 10.5 Å². The Morgan fingerprint density at radius 2 is 1.89 bits per heavy atom. The second-order valence-electron chi connectivity index (χ2n) is 6.64. The smallest absolute Gasteiger partial charge is 0.328 e. The van der Waals surface area contributed by atoms with Gasteiger partial charge in [-0.25, -0.2) is 4.79 Å². The number of rotatable bonds is 6. The van der Waals surface area contributed by atoms with E-state index in [-0.39, 0.29) is 42.8 Å². The molecule has 0 saturated heterocycles. The van der Waals surface area contributed by atoms with Crippen molar-refractivity contribution in [2.45, 2.75) is 51.6 Å². The third-order valence-corrected chi connectivity index (χ3v) is 4.49. The maximum atomic E-state index is 12.3. The van der Waals surface area contributed by atoms with E-state index in [0.29, 0.717) is 17.7 Å². The average Bonchev–Trinajstić information content (AvgIpc) is 2.62. The van der Waals surface area contributed by atoms with Crippen molar-refractivity contribution < 1.29 is 19.1 Å². The maximum Gasteiger partial charge on any atom is 0.328 e. The Morgan fingerprint density at radius 3 is 2.48 bits per heavy atom. The van der Waals surface area contributed by atoms with Gasteiger partial charge in [0.2, 0.25) is 5.91 Å². The Bertz CT molecular complexity index is 651. The molecule has 1 aliphatic carbocycles. The van der Waals surface area contributed by atoms with Crippen molar-refractivity contribution in [2.24, 2.45) is 11.7 Å². The first-order chi connectivity index (χ1) is 12.4. The Balaban J connectivity index is 0.00000364. The fourth-order valence-corrected chi connectivity index (χ4v) is 3.02. The van der Waals surface area contributed by atoms with Crippen molar-refractivity contribution in [3.8, 4) is 0 Å². The molecule has 1 aromatic carbocycles. The molecular weight excluding hydrogens is 370 g/mol. The molecule has 1 saturated carbocycles. The monoisotopic (exact) mass is 397 g/mol. The van der Waals surface area contributed by atoms with Gasteiger partial charge >= 0.3 is 5.97 Å². The molecule has 7 nitrogen and oxygen atoms in total. The van der Waals surface area contributed by atoms with Crippen LogP contribution in [0.25, 0.3) is 0 Å². The summed E-state index contributed by atoms with van der Waals surface area (Å²) in [4.78, 5) is 36.0. The van der Waals surface area contributed by atoms with Crippen molar-refractivity contribution >= 4 is 35.9 Å². The van der Waals surface area contributed by atoms with E-state index in [2.05, 4.69) is 10.6 Å². The van der Waals surface area contributed by atoms with Crippen LogP contribution in [0.5, 0.6) is 0 Å². The molecule has 150 valence electrons. The van der Waals surface area contributed by atoms with Crippen LogP contribution < -0.4 is 16.4 Å². The summed E-state index contributed by atoms with van der Waals surface area (Å²) in [6, 6.07) is 5.92. The van der Waals surface area contributed by atoms with E-state index in [1.54, 1.807) is 38.1 Å². The van der Waals surface area contributed by atoms with Crippen LogP contribution in [0.3, 0.4) is 0 Å². The molecule has 4 N–H and O–H groups in total. The summed E-state index contributed by atoms with van der Waals surface area (Å²) in [5.74, 6) is -0.947. The number of nitrogens with one attached hydrogen (secondary N) is 2. The Kier molecular flexibility index (Phi) is 9.25. The second kappa shape index (κ2) is 10.9. The van der Waals surface area contributed by atoms with Gasteiger partial charge < -0.3 is 21.1 Å². The largest absolute Gasteiger partial charge is 0.464 e. The van der Waals surface area contributed by atoms with Crippen LogP contribution in [0.1, 0.15) is 49.9 Å². The molecule has 3 unspecified atom stereocenters. The molecule has 27 heavy (non-hydrogen) atoms. The molecule has 1 aliphatic rings. The van der Waals surface area contributed by atoms with Crippen LogP contribution in [-0.2, 0) is 14.3 Å². The van der Waals surface area contributed by atoms with Crippen LogP contribution >= 0.6 is 12.4 Å². The number of amides is 2. The predicted molar refractivity (Wildman–Crippen MR) is 106 cm³/mol. The van der Waals surface area contributed by atoms with Crippen molar-refractivity contribution in [1.82, 2.24) is 5.32 Å². The third-order valence-electron chi connectivity index (χ3n) is 4.49. The highest BCUT2D eigenvalue weighted by Gasteiger charge is 2.25. The summed E-state index contributed by atoms with van der Waals surface area (Å²) in [5, 5.41) is 5.46. The maximum absolute atomic E-state index is 12.3. The average molecular weight is 398 g/mol. The van der Waals surface area contributed by atoms with Crippen LogP contribution in [0.15, 0.2) is 24.3 Å². The van der Waals surface area contributed by atoms with E-state index in [0.717, 1.165) is 19.3 Å². The number of ether oxygens (including phenoxy) is 1. The zero-order valence-electron chi connectivity index (χ0n) is 15.7. The summed E-state index contributed by atoms with van der Waals surface area (Å²) in [6.45, 7) is 3.54.